The van der Waals surface area contributed by atoms with Gasteiger partial charge in [0.05, 0.1) is 16.5 Å². The van der Waals surface area contributed by atoms with Crippen LogP contribution in [0.15, 0.2) is 71.6 Å². The quantitative estimate of drug-likeness (QED) is 0.731. The molecule has 6 heteroatoms. The van der Waals surface area contributed by atoms with Gasteiger partial charge in [-0.1, -0.05) is 24.3 Å². The van der Waals surface area contributed by atoms with E-state index in [9.17, 15) is 13.5 Å². The Bertz CT molecular complexity index is 1100. The van der Waals surface area contributed by atoms with Gasteiger partial charge in [-0.05, 0) is 66.1 Å². The molecular formula is C20H16N2O3S. The largest absolute Gasteiger partial charge is 0.508 e. The van der Waals surface area contributed by atoms with Crippen LogP contribution >= 0.6 is 0 Å². The van der Waals surface area contributed by atoms with Crippen LogP contribution < -0.4 is 4.72 Å². The first kappa shape index (κ1) is 17.5. The second-order valence-electron chi connectivity index (χ2n) is 5.83. The third-order valence-corrected chi connectivity index (χ3v) is 5.45. The van der Waals surface area contributed by atoms with Crippen molar-refractivity contribution in [3.63, 3.8) is 0 Å². The van der Waals surface area contributed by atoms with E-state index in [1.54, 1.807) is 55.5 Å². The Morgan fingerprint density at radius 2 is 1.69 bits per heavy atom. The molecule has 0 amide bonds. The minimum absolute atomic E-state index is 0.133. The van der Waals surface area contributed by atoms with E-state index in [0.717, 1.165) is 11.1 Å². The highest BCUT2D eigenvalue weighted by Crippen LogP contribution is 2.26. The van der Waals surface area contributed by atoms with Crippen molar-refractivity contribution in [1.29, 1.82) is 5.26 Å². The number of rotatable bonds is 4. The Balaban J connectivity index is 1.86. The fraction of sp³-hybridized carbons (Fsp3) is 0.0500. The molecule has 0 spiro atoms. The van der Waals surface area contributed by atoms with Gasteiger partial charge >= 0.3 is 0 Å². The van der Waals surface area contributed by atoms with E-state index in [0.29, 0.717) is 16.8 Å². The van der Waals surface area contributed by atoms with Crippen molar-refractivity contribution in [2.75, 3.05) is 4.72 Å². The van der Waals surface area contributed by atoms with Crippen LogP contribution in [0.5, 0.6) is 5.75 Å². The van der Waals surface area contributed by atoms with Crippen LogP contribution in [-0.4, -0.2) is 13.5 Å². The number of nitriles is 1. The summed E-state index contributed by atoms with van der Waals surface area (Å²) in [5, 5.41) is 18.5. The lowest BCUT2D eigenvalue weighted by Crippen LogP contribution is -2.14. The molecule has 5 nitrogen and oxygen atoms in total. The molecule has 130 valence electrons. The fourth-order valence-electron chi connectivity index (χ4n) is 2.65. The minimum atomic E-state index is -3.75. The Morgan fingerprint density at radius 1 is 0.962 bits per heavy atom. The number of benzene rings is 3. The van der Waals surface area contributed by atoms with E-state index in [2.05, 4.69) is 4.72 Å². The zero-order valence-electron chi connectivity index (χ0n) is 14.0. The van der Waals surface area contributed by atoms with Gasteiger partial charge in [0.1, 0.15) is 5.75 Å². The first-order chi connectivity index (χ1) is 12.4. The molecule has 3 rings (SSSR count). The molecule has 0 radical (unpaired) electrons. The van der Waals surface area contributed by atoms with E-state index in [4.69, 9.17) is 5.26 Å². The molecule has 0 saturated heterocycles. The topological polar surface area (TPSA) is 90.2 Å². The molecule has 26 heavy (non-hydrogen) atoms. The van der Waals surface area contributed by atoms with Crippen LogP contribution in [0.1, 0.15) is 11.1 Å². The third kappa shape index (κ3) is 3.68. The second kappa shape index (κ2) is 6.90. The molecule has 3 aromatic rings. The number of phenols is 1. The monoisotopic (exact) mass is 364 g/mol. The van der Waals surface area contributed by atoms with Crippen LogP contribution in [0.4, 0.5) is 5.69 Å². The number of aromatic hydroxyl groups is 1. The zero-order chi connectivity index (χ0) is 18.7. The smallest absolute Gasteiger partial charge is 0.262 e. The summed E-state index contributed by atoms with van der Waals surface area (Å²) in [6.07, 6.45) is 0. The maximum absolute atomic E-state index is 12.6. The Kier molecular flexibility index (Phi) is 4.65. The van der Waals surface area contributed by atoms with E-state index < -0.39 is 10.0 Å². The summed E-state index contributed by atoms with van der Waals surface area (Å²) < 4.78 is 27.7. The molecule has 0 atom stereocenters. The molecule has 0 bridgehead atoms. The van der Waals surface area contributed by atoms with Crippen LogP contribution in [0.2, 0.25) is 0 Å². The first-order valence-corrected chi connectivity index (χ1v) is 9.30. The predicted molar refractivity (Wildman–Crippen MR) is 100 cm³/mol. The second-order valence-corrected chi connectivity index (χ2v) is 7.48. The van der Waals surface area contributed by atoms with Crippen molar-refractivity contribution in [2.45, 2.75) is 11.8 Å². The lowest BCUT2D eigenvalue weighted by Gasteiger charge is -2.11. The van der Waals surface area contributed by atoms with E-state index in [1.165, 1.54) is 12.1 Å². The van der Waals surface area contributed by atoms with Gasteiger partial charge in [-0.2, -0.15) is 5.26 Å². The lowest BCUT2D eigenvalue weighted by molar-refractivity contribution is 0.475. The molecule has 0 aliphatic carbocycles. The molecule has 0 aromatic heterocycles. The SMILES string of the molecule is Cc1cc(C#N)ccc1S(=O)(=O)Nc1ccc(-c2cccc(O)c2)cc1. The van der Waals surface area contributed by atoms with Gasteiger partial charge < -0.3 is 5.11 Å². The Labute approximate surface area is 152 Å². The maximum atomic E-state index is 12.6. The average molecular weight is 364 g/mol. The molecular weight excluding hydrogens is 348 g/mol. The summed E-state index contributed by atoms with van der Waals surface area (Å²) in [5.74, 6) is 0.170. The first-order valence-electron chi connectivity index (χ1n) is 7.82. The van der Waals surface area contributed by atoms with Gasteiger partial charge in [0.15, 0.2) is 0 Å². The summed E-state index contributed by atoms with van der Waals surface area (Å²) in [7, 11) is -3.75. The summed E-state index contributed by atoms with van der Waals surface area (Å²) in [6.45, 7) is 1.65. The van der Waals surface area contributed by atoms with Gasteiger partial charge in [-0.3, -0.25) is 4.72 Å². The van der Waals surface area contributed by atoms with Gasteiger partial charge in [0.2, 0.25) is 0 Å². The molecule has 3 aromatic carbocycles. The lowest BCUT2D eigenvalue weighted by atomic mass is 10.1. The van der Waals surface area contributed by atoms with E-state index in [-0.39, 0.29) is 10.6 Å². The van der Waals surface area contributed by atoms with Crippen molar-refractivity contribution in [3.8, 4) is 22.9 Å². The van der Waals surface area contributed by atoms with E-state index in [1.807, 2.05) is 12.1 Å². The number of hydrogen-bond acceptors (Lipinski definition) is 4. The minimum Gasteiger partial charge on any atom is -0.508 e. The zero-order valence-corrected chi connectivity index (χ0v) is 14.8. The van der Waals surface area contributed by atoms with Gasteiger partial charge in [-0.15, -0.1) is 0 Å². The maximum Gasteiger partial charge on any atom is 0.262 e. The Hall–Kier alpha value is -3.30. The van der Waals surface area contributed by atoms with Crippen molar-refractivity contribution in [3.05, 3.63) is 77.9 Å². The number of phenolic OH excluding ortho intramolecular Hbond substituents is 1. The number of hydrogen-bond donors (Lipinski definition) is 2. The number of nitrogens with one attached hydrogen (secondary N) is 1. The number of anilines is 1. The van der Waals surface area contributed by atoms with Crippen molar-refractivity contribution in [1.82, 2.24) is 0 Å². The molecule has 0 saturated carbocycles. The van der Waals surface area contributed by atoms with Crippen molar-refractivity contribution >= 4 is 15.7 Å². The fourth-order valence-corrected chi connectivity index (χ4v) is 3.93. The Morgan fingerprint density at radius 3 is 2.31 bits per heavy atom. The summed E-state index contributed by atoms with van der Waals surface area (Å²) in [4.78, 5) is 0.133. The highest BCUT2D eigenvalue weighted by atomic mass is 32.2. The van der Waals surface area contributed by atoms with Gasteiger partial charge in [0.25, 0.3) is 10.0 Å². The molecule has 0 unspecified atom stereocenters. The molecule has 0 fully saturated rings. The van der Waals surface area contributed by atoms with Crippen molar-refractivity contribution < 1.29 is 13.5 Å². The molecule has 0 aliphatic rings. The summed E-state index contributed by atoms with van der Waals surface area (Å²) in [6, 6.07) is 20.1. The third-order valence-electron chi connectivity index (χ3n) is 3.91. The summed E-state index contributed by atoms with van der Waals surface area (Å²) >= 11 is 0. The van der Waals surface area contributed by atoms with Crippen LogP contribution in [0.25, 0.3) is 11.1 Å². The van der Waals surface area contributed by atoms with Gasteiger partial charge in [0, 0.05) is 5.69 Å². The number of sulfonamides is 1. The normalized spacial score (nSPS) is 10.9. The van der Waals surface area contributed by atoms with Gasteiger partial charge in [-0.25, -0.2) is 8.42 Å². The average Bonchev–Trinajstić information content (AvgIpc) is 2.61. The highest BCUT2D eigenvalue weighted by molar-refractivity contribution is 7.92. The van der Waals surface area contributed by atoms with Crippen LogP contribution in [-0.2, 0) is 10.0 Å². The molecule has 0 aliphatic heterocycles. The van der Waals surface area contributed by atoms with Crippen LogP contribution in [0.3, 0.4) is 0 Å². The standard InChI is InChI=1S/C20H16N2O3S/c1-14-11-15(13-21)5-10-20(14)26(24,25)22-18-8-6-16(7-9-18)17-3-2-4-19(23)12-17/h2-12,22-23H,1H3. The summed E-state index contributed by atoms with van der Waals surface area (Å²) in [5.41, 5.74) is 3.04. The highest BCUT2D eigenvalue weighted by Gasteiger charge is 2.17. The number of nitrogens with zero attached hydrogens (tertiary/aromatic N) is 1. The van der Waals surface area contributed by atoms with Crippen LogP contribution in [0, 0.1) is 18.3 Å². The van der Waals surface area contributed by atoms with E-state index >= 15 is 0 Å². The molecule has 0 heterocycles. The predicted octanol–water partition coefficient (Wildman–Crippen LogP) is 4.04. The number of aryl methyl sites for hydroxylation is 1. The molecule has 2 N–H and O–H groups in total. The van der Waals surface area contributed by atoms with Crippen molar-refractivity contribution in [2.24, 2.45) is 0 Å².